The number of rotatable bonds is 9. The molecule has 2 aromatic carbocycles. The summed E-state index contributed by atoms with van der Waals surface area (Å²) in [6.07, 6.45) is -2.26. The minimum atomic E-state index is -4.40. The highest BCUT2D eigenvalue weighted by Gasteiger charge is 2.39. The van der Waals surface area contributed by atoms with Crippen LogP contribution in [0.25, 0.3) is 11.5 Å². The molecule has 3 atom stereocenters. The van der Waals surface area contributed by atoms with Gasteiger partial charge in [-0.3, -0.25) is 4.79 Å². The molecule has 36 heavy (non-hydrogen) atoms. The van der Waals surface area contributed by atoms with E-state index in [9.17, 15) is 18.0 Å². The van der Waals surface area contributed by atoms with Crippen LogP contribution in [0.5, 0.6) is 0 Å². The van der Waals surface area contributed by atoms with Gasteiger partial charge in [-0.15, -0.1) is 0 Å². The maximum absolute atomic E-state index is 12.9. The van der Waals surface area contributed by atoms with Gasteiger partial charge in [0.1, 0.15) is 5.76 Å². The average Bonchev–Trinajstić information content (AvgIpc) is 3.38. The normalized spacial score (nSPS) is 18.2. The van der Waals surface area contributed by atoms with Crippen molar-refractivity contribution in [3.8, 4) is 11.5 Å². The average molecular weight is 516 g/mol. The van der Waals surface area contributed by atoms with E-state index in [0.717, 1.165) is 51.6 Å². The number of carbonyl (C=O) groups is 1. The summed E-state index contributed by atoms with van der Waals surface area (Å²) in [6.45, 7) is 5.98. The zero-order chi connectivity index (χ0) is 26.2. The molecule has 0 amide bonds. The van der Waals surface area contributed by atoms with E-state index in [1.165, 1.54) is 12.1 Å². The molecule has 4 rings (SSSR count). The van der Waals surface area contributed by atoms with Crippen molar-refractivity contribution in [3.05, 3.63) is 76.2 Å². The van der Waals surface area contributed by atoms with Crippen LogP contribution in [0.4, 0.5) is 13.2 Å². The van der Waals surface area contributed by atoms with Crippen molar-refractivity contribution in [2.24, 2.45) is 5.92 Å². The van der Waals surface area contributed by atoms with Crippen molar-refractivity contribution in [1.82, 2.24) is 4.98 Å². The Morgan fingerprint density at radius 2 is 1.89 bits per heavy atom. The Kier molecular flexibility index (Phi) is 7.36. The number of aromatic nitrogens is 1. The molecule has 1 heterocycles. The number of halogens is 3. The first-order valence-electron chi connectivity index (χ1n) is 12.0. The predicted octanol–water partition coefficient (Wildman–Crippen LogP) is 7.72. The summed E-state index contributed by atoms with van der Waals surface area (Å²) in [5.74, 6) is 0.868. The lowest BCUT2D eigenvalue weighted by Crippen LogP contribution is -2.07. The summed E-state index contributed by atoms with van der Waals surface area (Å²) < 4.78 is 44.9. The highest BCUT2D eigenvalue weighted by molar-refractivity contribution is 7.80. The predicted molar refractivity (Wildman–Crippen MR) is 135 cm³/mol. The fraction of sp³-hybridized carbons (Fsp3) is 0.393. The number of alkyl halides is 3. The van der Waals surface area contributed by atoms with Gasteiger partial charge in [0.2, 0.25) is 5.89 Å². The molecule has 0 aliphatic heterocycles. The molecule has 8 heteroatoms. The van der Waals surface area contributed by atoms with Crippen LogP contribution in [0.3, 0.4) is 0 Å². The van der Waals surface area contributed by atoms with Crippen molar-refractivity contribution in [1.29, 1.82) is 0 Å². The van der Waals surface area contributed by atoms with E-state index in [0.29, 0.717) is 30.2 Å². The summed E-state index contributed by atoms with van der Waals surface area (Å²) >= 11 is 5.71. The van der Waals surface area contributed by atoms with Crippen molar-refractivity contribution in [2.75, 3.05) is 0 Å². The number of hydrogen-bond acceptors (Lipinski definition) is 4. The minimum Gasteiger partial charge on any atom is -0.481 e. The smallest absolute Gasteiger partial charge is 0.416 e. The highest BCUT2D eigenvalue weighted by atomic mass is 32.1. The fourth-order valence-electron chi connectivity index (χ4n) is 4.54. The minimum absolute atomic E-state index is 0.0473. The Hall–Kier alpha value is -3.00. The lowest BCUT2D eigenvalue weighted by atomic mass is 9.91. The molecule has 1 N–H and O–H groups in total. The third kappa shape index (κ3) is 5.86. The van der Waals surface area contributed by atoms with Crippen LogP contribution in [0.1, 0.15) is 78.7 Å². The molecule has 1 aliphatic rings. The molecule has 3 aromatic rings. The van der Waals surface area contributed by atoms with Crippen molar-refractivity contribution in [2.45, 2.75) is 64.5 Å². The summed E-state index contributed by atoms with van der Waals surface area (Å²) in [4.78, 5) is 16.6. The second-order valence-corrected chi connectivity index (χ2v) is 10.2. The summed E-state index contributed by atoms with van der Waals surface area (Å²) in [5, 5.41) is 9.16. The molecular weight excluding hydrogens is 487 g/mol. The first-order chi connectivity index (χ1) is 16.9. The van der Waals surface area contributed by atoms with E-state index >= 15 is 0 Å². The van der Waals surface area contributed by atoms with Crippen molar-refractivity contribution >= 4 is 23.1 Å². The number of carboxylic acid groups (broad SMARTS) is 1. The maximum Gasteiger partial charge on any atom is 0.416 e. The standard InChI is InChI=1S/C28H28F3NO3S/c1-15-4-5-19(14-21(15)17(3)13-25(33)34)24(36)11-10-23-26(22-12-16(22)2)35-27(32-23)18-6-8-20(9-7-18)28(29,30)31/h4-9,14,16-17,22H,10-13H2,1-3H3,(H,33,34). The third-order valence-corrected chi connectivity index (χ3v) is 7.27. The number of aliphatic carboxylic acids is 1. The molecular formula is C28H28F3NO3S. The summed E-state index contributed by atoms with van der Waals surface area (Å²) in [7, 11) is 0. The molecule has 4 nitrogen and oxygen atoms in total. The zero-order valence-corrected chi connectivity index (χ0v) is 21.2. The third-order valence-electron chi connectivity index (χ3n) is 6.83. The zero-order valence-electron chi connectivity index (χ0n) is 20.4. The lowest BCUT2D eigenvalue weighted by molar-refractivity contribution is -0.138. The van der Waals surface area contributed by atoms with Crippen LogP contribution in [0.2, 0.25) is 0 Å². The largest absolute Gasteiger partial charge is 0.481 e. The van der Waals surface area contributed by atoms with Gasteiger partial charge in [-0.2, -0.15) is 13.2 Å². The maximum atomic E-state index is 12.9. The SMILES string of the molecule is Cc1ccc(C(=S)CCc2nc(-c3ccc(C(F)(F)F)cc3)oc2C2CC2C)cc1C(C)CC(=O)O. The van der Waals surface area contributed by atoms with E-state index in [2.05, 4.69) is 11.9 Å². The van der Waals surface area contributed by atoms with Crippen LogP contribution in [-0.4, -0.2) is 20.9 Å². The second-order valence-electron chi connectivity index (χ2n) is 9.72. The van der Waals surface area contributed by atoms with E-state index in [-0.39, 0.29) is 18.3 Å². The van der Waals surface area contributed by atoms with Crippen LogP contribution < -0.4 is 0 Å². The molecule has 1 fully saturated rings. The molecule has 0 spiro atoms. The van der Waals surface area contributed by atoms with Gasteiger partial charge in [0.15, 0.2) is 0 Å². The second kappa shape index (κ2) is 10.2. The number of aryl methyl sites for hydroxylation is 2. The fourth-order valence-corrected chi connectivity index (χ4v) is 4.77. The van der Waals surface area contributed by atoms with E-state index in [1.54, 1.807) is 0 Å². The molecule has 0 saturated heterocycles. The molecule has 190 valence electrons. The summed E-state index contributed by atoms with van der Waals surface area (Å²) in [6, 6.07) is 10.7. The molecule has 3 unspecified atom stereocenters. The summed E-state index contributed by atoms with van der Waals surface area (Å²) in [5.41, 5.74) is 3.45. The van der Waals surface area contributed by atoms with E-state index in [4.69, 9.17) is 21.7 Å². The number of benzene rings is 2. The Morgan fingerprint density at radius 1 is 1.22 bits per heavy atom. The Morgan fingerprint density at radius 3 is 2.47 bits per heavy atom. The Bertz CT molecular complexity index is 1280. The number of thiocarbonyl (C=S) groups is 1. The van der Waals surface area contributed by atoms with Gasteiger partial charge in [0.25, 0.3) is 0 Å². The lowest BCUT2D eigenvalue weighted by Gasteiger charge is -2.15. The first kappa shape index (κ1) is 26.1. The molecule has 0 bridgehead atoms. The number of carboxylic acids is 1. The number of oxazole rings is 1. The van der Waals surface area contributed by atoms with E-state index < -0.39 is 17.7 Å². The van der Waals surface area contributed by atoms with Gasteiger partial charge in [0, 0.05) is 16.3 Å². The van der Waals surface area contributed by atoms with Gasteiger partial charge in [0.05, 0.1) is 17.7 Å². The van der Waals surface area contributed by atoms with E-state index in [1.807, 2.05) is 32.0 Å². The highest BCUT2D eigenvalue weighted by Crippen LogP contribution is 2.49. The number of nitrogens with zero attached hydrogens (tertiary/aromatic N) is 1. The van der Waals surface area contributed by atoms with Gasteiger partial charge < -0.3 is 9.52 Å². The Balaban J connectivity index is 1.53. The quantitative estimate of drug-likeness (QED) is 0.233. The topological polar surface area (TPSA) is 63.3 Å². The van der Waals surface area contributed by atoms with Crippen molar-refractivity contribution < 1.29 is 27.5 Å². The van der Waals surface area contributed by atoms with Crippen LogP contribution in [0.15, 0.2) is 46.9 Å². The van der Waals surface area contributed by atoms with Crippen LogP contribution in [-0.2, 0) is 17.4 Å². The molecule has 1 saturated carbocycles. The van der Waals surface area contributed by atoms with Gasteiger partial charge in [-0.05, 0) is 79.0 Å². The number of hydrogen-bond donors (Lipinski definition) is 1. The van der Waals surface area contributed by atoms with Crippen LogP contribution >= 0.6 is 12.2 Å². The van der Waals surface area contributed by atoms with Crippen molar-refractivity contribution in [3.63, 3.8) is 0 Å². The molecule has 1 aliphatic carbocycles. The molecule has 1 aromatic heterocycles. The first-order valence-corrected chi connectivity index (χ1v) is 12.4. The Labute approximate surface area is 213 Å². The molecule has 0 radical (unpaired) electrons. The monoisotopic (exact) mass is 515 g/mol. The van der Waals surface area contributed by atoms with Gasteiger partial charge in [-0.25, -0.2) is 4.98 Å². The van der Waals surface area contributed by atoms with Gasteiger partial charge in [-0.1, -0.05) is 44.3 Å². The van der Waals surface area contributed by atoms with Crippen LogP contribution in [0, 0.1) is 12.8 Å². The van der Waals surface area contributed by atoms with Gasteiger partial charge >= 0.3 is 12.1 Å².